The Morgan fingerprint density at radius 3 is 2.77 bits per heavy atom. The van der Waals surface area contributed by atoms with Crippen LogP contribution >= 0.6 is 11.6 Å². The highest BCUT2D eigenvalue weighted by Gasteiger charge is 2.25. The standard InChI is InChI=1S/C17H15ClN4/c1-11-20-21-16-10-19-17(12-5-3-2-4-6-12)14-9-13(18)7-8-15(14)22(11)16/h2-9,17,19H,10H2,1H3. The van der Waals surface area contributed by atoms with Crippen molar-refractivity contribution in [3.8, 4) is 5.69 Å². The summed E-state index contributed by atoms with van der Waals surface area (Å²) in [7, 11) is 0. The van der Waals surface area contributed by atoms with Crippen molar-refractivity contribution in [3.63, 3.8) is 0 Å². The highest BCUT2D eigenvalue weighted by atomic mass is 35.5. The first-order valence-electron chi connectivity index (χ1n) is 7.23. The summed E-state index contributed by atoms with van der Waals surface area (Å²) in [6, 6.07) is 16.4. The first-order chi connectivity index (χ1) is 10.7. The molecule has 0 fully saturated rings. The fourth-order valence-corrected chi connectivity index (χ4v) is 3.22. The molecule has 4 rings (SSSR count). The highest BCUT2D eigenvalue weighted by Crippen LogP contribution is 2.33. The second kappa shape index (κ2) is 5.23. The van der Waals surface area contributed by atoms with Crippen LogP contribution in [0.2, 0.25) is 5.02 Å². The van der Waals surface area contributed by atoms with Gasteiger partial charge in [0.2, 0.25) is 0 Å². The van der Waals surface area contributed by atoms with E-state index in [-0.39, 0.29) is 6.04 Å². The van der Waals surface area contributed by atoms with Crippen molar-refractivity contribution in [2.75, 3.05) is 0 Å². The lowest BCUT2D eigenvalue weighted by Crippen LogP contribution is -2.21. The summed E-state index contributed by atoms with van der Waals surface area (Å²) in [5.74, 6) is 1.80. The van der Waals surface area contributed by atoms with Gasteiger partial charge < -0.3 is 0 Å². The van der Waals surface area contributed by atoms with E-state index in [1.165, 1.54) is 5.56 Å². The Balaban J connectivity index is 1.95. The predicted octanol–water partition coefficient (Wildman–Crippen LogP) is 3.42. The van der Waals surface area contributed by atoms with Gasteiger partial charge in [-0.2, -0.15) is 0 Å². The molecule has 1 unspecified atom stereocenters. The third-order valence-electron chi connectivity index (χ3n) is 4.03. The lowest BCUT2D eigenvalue weighted by molar-refractivity contribution is 0.598. The first-order valence-corrected chi connectivity index (χ1v) is 7.61. The molecular weight excluding hydrogens is 296 g/mol. The van der Waals surface area contributed by atoms with Gasteiger partial charge in [-0.05, 0) is 36.2 Å². The molecule has 2 heterocycles. The maximum atomic E-state index is 6.26. The molecule has 1 aliphatic rings. The van der Waals surface area contributed by atoms with E-state index in [0.29, 0.717) is 6.54 Å². The predicted molar refractivity (Wildman–Crippen MR) is 86.2 cm³/mol. The quantitative estimate of drug-likeness (QED) is 0.749. The minimum atomic E-state index is 0.0796. The number of fused-ring (bicyclic) bond motifs is 3. The van der Waals surface area contributed by atoms with E-state index >= 15 is 0 Å². The molecule has 110 valence electrons. The van der Waals surface area contributed by atoms with Gasteiger partial charge in [-0.1, -0.05) is 41.9 Å². The van der Waals surface area contributed by atoms with Crippen molar-refractivity contribution in [1.82, 2.24) is 20.1 Å². The summed E-state index contributed by atoms with van der Waals surface area (Å²) in [6.45, 7) is 2.63. The van der Waals surface area contributed by atoms with Gasteiger partial charge in [0, 0.05) is 5.02 Å². The Bertz CT molecular complexity index is 826. The molecule has 0 bridgehead atoms. The number of hydrogen-bond donors (Lipinski definition) is 1. The Morgan fingerprint density at radius 1 is 1.14 bits per heavy atom. The van der Waals surface area contributed by atoms with Gasteiger partial charge in [-0.25, -0.2) is 0 Å². The van der Waals surface area contributed by atoms with Gasteiger partial charge in [0.15, 0.2) is 5.82 Å². The summed E-state index contributed by atoms with van der Waals surface area (Å²) in [5.41, 5.74) is 3.43. The summed E-state index contributed by atoms with van der Waals surface area (Å²) in [5, 5.41) is 12.8. The van der Waals surface area contributed by atoms with Gasteiger partial charge in [-0.3, -0.25) is 9.88 Å². The zero-order valence-electron chi connectivity index (χ0n) is 12.1. The number of nitrogens with one attached hydrogen (secondary N) is 1. The molecule has 0 radical (unpaired) electrons. The van der Waals surface area contributed by atoms with Gasteiger partial charge in [0.05, 0.1) is 18.3 Å². The first kappa shape index (κ1) is 13.5. The number of nitrogens with zero attached hydrogens (tertiary/aromatic N) is 3. The zero-order valence-corrected chi connectivity index (χ0v) is 12.9. The summed E-state index contributed by atoms with van der Waals surface area (Å²) in [6.07, 6.45) is 0. The molecule has 4 nitrogen and oxygen atoms in total. The van der Waals surface area contributed by atoms with E-state index in [0.717, 1.165) is 27.9 Å². The number of aryl methyl sites for hydroxylation is 1. The molecule has 3 aromatic rings. The van der Waals surface area contributed by atoms with Crippen LogP contribution in [0.1, 0.15) is 28.8 Å². The van der Waals surface area contributed by atoms with Crippen molar-refractivity contribution in [1.29, 1.82) is 0 Å². The Kier molecular flexibility index (Phi) is 3.21. The number of benzene rings is 2. The Labute approximate surface area is 133 Å². The van der Waals surface area contributed by atoms with Gasteiger partial charge in [0.25, 0.3) is 0 Å². The molecule has 0 aliphatic carbocycles. The van der Waals surface area contributed by atoms with Crippen LogP contribution in [0.4, 0.5) is 0 Å². The van der Waals surface area contributed by atoms with Gasteiger partial charge in [0.1, 0.15) is 5.82 Å². The minimum absolute atomic E-state index is 0.0796. The van der Waals surface area contributed by atoms with E-state index < -0.39 is 0 Å². The molecule has 0 amide bonds. The normalized spacial score (nSPS) is 16.7. The van der Waals surface area contributed by atoms with Crippen LogP contribution in [-0.2, 0) is 6.54 Å². The minimum Gasteiger partial charge on any atom is -0.299 e. The fraction of sp³-hybridized carbons (Fsp3) is 0.176. The van der Waals surface area contributed by atoms with Gasteiger partial charge >= 0.3 is 0 Å². The summed E-state index contributed by atoms with van der Waals surface area (Å²) >= 11 is 6.26. The van der Waals surface area contributed by atoms with Crippen LogP contribution in [0.3, 0.4) is 0 Å². The van der Waals surface area contributed by atoms with E-state index in [1.807, 2.05) is 31.2 Å². The van der Waals surface area contributed by atoms with E-state index in [9.17, 15) is 0 Å². The summed E-state index contributed by atoms with van der Waals surface area (Å²) in [4.78, 5) is 0. The number of halogens is 1. The monoisotopic (exact) mass is 310 g/mol. The van der Waals surface area contributed by atoms with Crippen molar-refractivity contribution >= 4 is 11.6 Å². The summed E-state index contributed by atoms with van der Waals surface area (Å²) < 4.78 is 2.10. The fourth-order valence-electron chi connectivity index (χ4n) is 3.04. The lowest BCUT2D eigenvalue weighted by atomic mass is 9.97. The van der Waals surface area contributed by atoms with Crippen molar-refractivity contribution in [2.45, 2.75) is 19.5 Å². The second-order valence-electron chi connectivity index (χ2n) is 5.43. The second-order valence-corrected chi connectivity index (χ2v) is 5.86. The number of aromatic nitrogens is 3. The Hall–Kier alpha value is -2.17. The molecule has 1 N–H and O–H groups in total. The van der Waals surface area contributed by atoms with Crippen LogP contribution in [0, 0.1) is 6.92 Å². The van der Waals surface area contributed by atoms with Crippen molar-refractivity contribution in [3.05, 3.63) is 76.3 Å². The zero-order chi connectivity index (χ0) is 15.1. The topological polar surface area (TPSA) is 42.7 Å². The molecule has 1 aromatic heterocycles. The third kappa shape index (κ3) is 2.12. The smallest absolute Gasteiger partial charge is 0.151 e. The number of hydrogen-bond acceptors (Lipinski definition) is 3. The molecule has 22 heavy (non-hydrogen) atoms. The molecular formula is C17H15ClN4. The van der Waals surface area contributed by atoms with Gasteiger partial charge in [-0.15, -0.1) is 10.2 Å². The van der Waals surface area contributed by atoms with Crippen molar-refractivity contribution < 1.29 is 0 Å². The van der Waals surface area contributed by atoms with Crippen LogP contribution in [0.15, 0.2) is 48.5 Å². The number of rotatable bonds is 1. The maximum Gasteiger partial charge on any atom is 0.151 e. The van der Waals surface area contributed by atoms with Crippen LogP contribution in [0.25, 0.3) is 5.69 Å². The average Bonchev–Trinajstić information content (AvgIpc) is 2.82. The van der Waals surface area contributed by atoms with Crippen LogP contribution in [-0.4, -0.2) is 14.8 Å². The van der Waals surface area contributed by atoms with E-state index in [1.54, 1.807) is 0 Å². The van der Waals surface area contributed by atoms with E-state index in [4.69, 9.17) is 11.6 Å². The third-order valence-corrected chi connectivity index (χ3v) is 4.27. The van der Waals surface area contributed by atoms with Crippen molar-refractivity contribution in [2.24, 2.45) is 0 Å². The largest absolute Gasteiger partial charge is 0.299 e. The van der Waals surface area contributed by atoms with Crippen LogP contribution in [0.5, 0.6) is 0 Å². The van der Waals surface area contributed by atoms with Crippen LogP contribution < -0.4 is 5.32 Å². The lowest BCUT2D eigenvalue weighted by Gasteiger charge is -2.19. The Morgan fingerprint density at radius 2 is 1.95 bits per heavy atom. The molecule has 0 saturated heterocycles. The SMILES string of the molecule is Cc1nnc2n1-c1ccc(Cl)cc1C(c1ccccc1)NC2. The molecule has 1 aliphatic heterocycles. The molecule has 1 atom stereocenters. The molecule has 5 heteroatoms. The average molecular weight is 311 g/mol. The van der Waals surface area contributed by atoms with E-state index in [2.05, 4.69) is 44.3 Å². The molecule has 0 saturated carbocycles. The molecule has 0 spiro atoms. The highest BCUT2D eigenvalue weighted by molar-refractivity contribution is 6.30. The molecule has 2 aromatic carbocycles. The maximum absolute atomic E-state index is 6.26.